The van der Waals surface area contributed by atoms with Crippen molar-refractivity contribution in [2.75, 3.05) is 0 Å². The van der Waals surface area contributed by atoms with Crippen LogP contribution in [0.5, 0.6) is 5.75 Å². The summed E-state index contributed by atoms with van der Waals surface area (Å²) < 4.78 is 1.87. The van der Waals surface area contributed by atoms with Crippen molar-refractivity contribution in [3.63, 3.8) is 0 Å². The highest BCUT2D eigenvalue weighted by Gasteiger charge is 2.31. The first-order valence-corrected chi connectivity index (χ1v) is 7.89. The molecule has 4 rings (SSSR count). The van der Waals surface area contributed by atoms with Gasteiger partial charge in [-0.05, 0) is 38.5 Å². The van der Waals surface area contributed by atoms with E-state index in [2.05, 4.69) is 10.1 Å². The SMILES string of the molecule is Cc1nc2c3c(nn2c(C)c1C)CN(C(=O)c1ccccc1O)C3. The summed E-state index contributed by atoms with van der Waals surface area (Å²) in [7, 11) is 0. The van der Waals surface area contributed by atoms with Gasteiger partial charge >= 0.3 is 0 Å². The maximum Gasteiger partial charge on any atom is 0.258 e. The lowest BCUT2D eigenvalue weighted by Gasteiger charge is -2.16. The summed E-state index contributed by atoms with van der Waals surface area (Å²) in [5.41, 5.74) is 6.18. The van der Waals surface area contributed by atoms with E-state index >= 15 is 0 Å². The Bertz CT molecular complexity index is 990. The van der Waals surface area contributed by atoms with Gasteiger partial charge in [0.15, 0.2) is 5.65 Å². The Morgan fingerprint density at radius 3 is 2.67 bits per heavy atom. The molecule has 24 heavy (non-hydrogen) atoms. The molecule has 1 N–H and O–H groups in total. The number of nitrogens with zero attached hydrogens (tertiary/aromatic N) is 4. The van der Waals surface area contributed by atoms with Crippen LogP contribution in [0.1, 0.15) is 38.6 Å². The molecule has 0 aliphatic carbocycles. The highest BCUT2D eigenvalue weighted by molar-refractivity contribution is 5.97. The molecule has 2 aromatic heterocycles. The van der Waals surface area contributed by atoms with Gasteiger partial charge in [-0.1, -0.05) is 12.1 Å². The normalized spacial score (nSPS) is 13.5. The van der Waals surface area contributed by atoms with E-state index in [0.717, 1.165) is 33.9 Å². The van der Waals surface area contributed by atoms with E-state index < -0.39 is 0 Å². The predicted molar refractivity (Wildman–Crippen MR) is 88.9 cm³/mol. The van der Waals surface area contributed by atoms with Gasteiger partial charge < -0.3 is 10.0 Å². The summed E-state index contributed by atoms with van der Waals surface area (Å²) in [6, 6.07) is 6.61. The van der Waals surface area contributed by atoms with Crippen molar-refractivity contribution in [3.05, 3.63) is 58.0 Å². The number of phenolic OH excluding ortho intramolecular Hbond substituents is 1. The largest absolute Gasteiger partial charge is 0.507 e. The van der Waals surface area contributed by atoms with Crippen molar-refractivity contribution in [2.24, 2.45) is 0 Å². The first-order chi connectivity index (χ1) is 11.5. The van der Waals surface area contributed by atoms with E-state index in [1.54, 1.807) is 23.1 Å². The van der Waals surface area contributed by atoms with Crippen LogP contribution < -0.4 is 0 Å². The van der Waals surface area contributed by atoms with Crippen LogP contribution in [0.2, 0.25) is 0 Å². The minimum atomic E-state index is -0.190. The highest BCUT2D eigenvalue weighted by Crippen LogP contribution is 2.29. The smallest absolute Gasteiger partial charge is 0.258 e. The van der Waals surface area contributed by atoms with Crippen LogP contribution in [-0.4, -0.2) is 30.5 Å². The van der Waals surface area contributed by atoms with E-state index in [1.165, 1.54) is 6.07 Å². The molecule has 3 aromatic rings. The lowest BCUT2D eigenvalue weighted by atomic mass is 10.2. The highest BCUT2D eigenvalue weighted by atomic mass is 16.3. The Morgan fingerprint density at radius 2 is 1.92 bits per heavy atom. The first kappa shape index (κ1) is 14.7. The lowest BCUT2D eigenvalue weighted by Crippen LogP contribution is -2.26. The number of hydrogen-bond donors (Lipinski definition) is 1. The van der Waals surface area contributed by atoms with Crippen molar-refractivity contribution in [1.82, 2.24) is 19.5 Å². The van der Waals surface area contributed by atoms with E-state index in [9.17, 15) is 9.90 Å². The molecule has 122 valence electrons. The van der Waals surface area contributed by atoms with Crippen molar-refractivity contribution in [3.8, 4) is 5.75 Å². The Morgan fingerprint density at radius 1 is 1.17 bits per heavy atom. The van der Waals surface area contributed by atoms with E-state index in [0.29, 0.717) is 18.7 Å². The number of carbonyl (C=O) groups is 1. The summed E-state index contributed by atoms with van der Waals surface area (Å²) >= 11 is 0. The second-order valence-electron chi connectivity index (χ2n) is 6.25. The molecule has 1 aliphatic rings. The van der Waals surface area contributed by atoms with Gasteiger partial charge in [-0.2, -0.15) is 5.10 Å². The maximum absolute atomic E-state index is 12.7. The molecular formula is C18H18N4O2. The fourth-order valence-corrected chi connectivity index (χ4v) is 3.18. The number of carbonyl (C=O) groups excluding carboxylic acids is 1. The molecule has 6 nitrogen and oxygen atoms in total. The van der Waals surface area contributed by atoms with Crippen LogP contribution >= 0.6 is 0 Å². The Kier molecular flexibility index (Phi) is 3.09. The van der Waals surface area contributed by atoms with Crippen LogP contribution in [0, 0.1) is 20.8 Å². The number of hydrogen-bond acceptors (Lipinski definition) is 4. The molecule has 0 spiro atoms. The number of benzene rings is 1. The Labute approximate surface area is 139 Å². The molecule has 1 amide bonds. The number of para-hydroxylation sites is 1. The van der Waals surface area contributed by atoms with Gasteiger partial charge in [0.1, 0.15) is 5.75 Å². The average Bonchev–Trinajstić information content (AvgIpc) is 3.12. The lowest BCUT2D eigenvalue weighted by molar-refractivity contribution is 0.0746. The fraction of sp³-hybridized carbons (Fsp3) is 0.278. The molecule has 0 bridgehead atoms. The molecule has 0 unspecified atom stereocenters. The topological polar surface area (TPSA) is 70.7 Å². The molecule has 0 fully saturated rings. The zero-order chi connectivity index (χ0) is 17.0. The third-order valence-corrected chi connectivity index (χ3v) is 4.83. The molecule has 0 saturated carbocycles. The van der Waals surface area contributed by atoms with E-state index in [4.69, 9.17) is 0 Å². The number of phenols is 1. The molecular weight excluding hydrogens is 304 g/mol. The van der Waals surface area contributed by atoms with Crippen LogP contribution in [0.25, 0.3) is 5.65 Å². The fourth-order valence-electron chi connectivity index (χ4n) is 3.18. The average molecular weight is 322 g/mol. The van der Waals surface area contributed by atoms with E-state index in [1.807, 2.05) is 25.3 Å². The quantitative estimate of drug-likeness (QED) is 0.747. The van der Waals surface area contributed by atoms with E-state index in [-0.39, 0.29) is 11.7 Å². The number of fused-ring (bicyclic) bond motifs is 3. The van der Waals surface area contributed by atoms with Crippen molar-refractivity contribution >= 4 is 11.6 Å². The van der Waals surface area contributed by atoms with Crippen molar-refractivity contribution in [2.45, 2.75) is 33.9 Å². The third kappa shape index (κ3) is 1.99. The second-order valence-corrected chi connectivity index (χ2v) is 6.25. The summed E-state index contributed by atoms with van der Waals surface area (Å²) in [4.78, 5) is 19.0. The van der Waals surface area contributed by atoms with Gasteiger partial charge in [0, 0.05) is 17.0 Å². The molecule has 1 aliphatic heterocycles. The minimum absolute atomic E-state index is 0.00159. The van der Waals surface area contributed by atoms with Gasteiger partial charge in [-0.25, -0.2) is 9.50 Å². The first-order valence-electron chi connectivity index (χ1n) is 7.89. The van der Waals surface area contributed by atoms with Crippen LogP contribution in [0.3, 0.4) is 0 Å². The molecule has 6 heteroatoms. The summed E-state index contributed by atoms with van der Waals surface area (Å²) in [5.74, 6) is -0.188. The van der Waals surface area contributed by atoms with Gasteiger partial charge in [-0.3, -0.25) is 4.79 Å². The molecule has 0 atom stereocenters. The summed E-state index contributed by atoms with van der Waals surface area (Å²) in [6.07, 6.45) is 0. The number of aromatic nitrogens is 3. The van der Waals surface area contributed by atoms with Crippen molar-refractivity contribution < 1.29 is 9.90 Å². The molecule has 1 aromatic carbocycles. The number of rotatable bonds is 1. The minimum Gasteiger partial charge on any atom is -0.507 e. The Balaban J connectivity index is 1.73. The zero-order valence-electron chi connectivity index (χ0n) is 13.9. The summed E-state index contributed by atoms with van der Waals surface area (Å²) in [5, 5.41) is 14.5. The van der Waals surface area contributed by atoms with Gasteiger partial charge in [-0.15, -0.1) is 0 Å². The monoisotopic (exact) mass is 322 g/mol. The molecule has 3 heterocycles. The summed E-state index contributed by atoms with van der Waals surface area (Å²) in [6.45, 7) is 6.95. The van der Waals surface area contributed by atoms with Gasteiger partial charge in [0.25, 0.3) is 5.91 Å². The Hall–Kier alpha value is -2.89. The number of aryl methyl sites for hydroxylation is 2. The van der Waals surface area contributed by atoms with Crippen LogP contribution in [-0.2, 0) is 13.1 Å². The third-order valence-electron chi connectivity index (χ3n) is 4.83. The number of aromatic hydroxyl groups is 1. The predicted octanol–water partition coefficient (Wildman–Crippen LogP) is 2.52. The number of amides is 1. The zero-order valence-corrected chi connectivity index (χ0v) is 13.9. The van der Waals surface area contributed by atoms with Crippen molar-refractivity contribution in [1.29, 1.82) is 0 Å². The van der Waals surface area contributed by atoms with Gasteiger partial charge in [0.05, 0.1) is 24.3 Å². The molecule has 0 saturated heterocycles. The second kappa shape index (κ2) is 5.06. The van der Waals surface area contributed by atoms with Crippen LogP contribution in [0.15, 0.2) is 24.3 Å². The molecule has 0 radical (unpaired) electrons. The van der Waals surface area contributed by atoms with Gasteiger partial charge in [0.2, 0.25) is 0 Å². The maximum atomic E-state index is 12.7. The standard InChI is InChI=1S/C18H18N4O2/c1-10-11(2)19-17-14-8-21(9-15(14)20-22(17)12(10)3)18(24)13-6-4-5-7-16(13)23/h4-7,23H,8-9H2,1-3H3. The van der Waals surface area contributed by atoms with Crippen LogP contribution in [0.4, 0.5) is 0 Å².